The highest BCUT2D eigenvalue weighted by atomic mass is 16.5. The standard InChI is InChI=1S/C17H20N4O2/c1-11-6-5-7-14(8-11)17-19-18-16(22-17)13(3)21(4)10-15-9-12(2)23-20-15/h5-9,13H,10H2,1-4H3. The van der Waals surface area contributed by atoms with Gasteiger partial charge in [-0.05, 0) is 40.0 Å². The quantitative estimate of drug-likeness (QED) is 0.718. The molecule has 2 aromatic heterocycles. The Morgan fingerprint density at radius 3 is 2.70 bits per heavy atom. The Morgan fingerprint density at radius 2 is 2.00 bits per heavy atom. The number of aryl methyl sites for hydroxylation is 2. The maximum atomic E-state index is 5.84. The summed E-state index contributed by atoms with van der Waals surface area (Å²) in [7, 11) is 1.99. The van der Waals surface area contributed by atoms with Crippen molar-refractivity contribution in [2.24, 2.45) is 0 Å². The number of benzene rings is 1. The van der Waals surface area contributed by atoms with Crippen molar-refractivity contribution < 1.29 is 8.94 Å². The van der Waals surface area contributed by atoms with Crippen LogP contribution in [0.5, 0.6) is 0 Å². The second-order valence-corrected chi connectivity index (χ2v) is 5.83. The zero-order chi connectivity index (χ0) is 16.4. The fourth-order valence-corrected chi connectivity index (χ4v) is 2.37. The molecule has 0 aliphatic heterocycles. The zero-order valence-corrected chi connectivity index (χ0v) is 13.8. The van der Waals surface area contributed by atoms with Gasteiger partial charge in [0.2, 0.25) is 11.8 Å². The van der Waals surface area contributed by atoms with Gasteiger partial charge in [0.05, 0.1) is 11.7 Å². The van der Waals surface area contributed by atoms with E-state index in [4.69, 9.17) is 8.94 Å². The van der Waals surface area contributed by atoms with Crippen LogP contribution in [0.1, 0.15) is 35.9 Å². The SMILES string of the molecule is Cc1cccc(-c2nnc(C(C)N(C)Cc3cc(C)on3)o2)c1. The van der Waals surface area contributed by atoms with E-state index < -0.39 is 0 Å². The average molecular weight is 312 g/mol. The molecule has 23 heavy (non-hydrogen) atoms. The molecule has 0 bridgehead atoms. The van der Waals surface area contributed by atoms with Crippen LogP contribution in [0.3, 0.4) is 0 Å². The van der Waals surface area contributed by atoms with Crippen molar-refractivity contribution >= 4 is 0 Å². The van der Waals surface area contributed by atoms with Crippen LogP contribution in [0.2, 0.25) is 0 Å². The van der Waals surface area contributed by atoms with Crippen LogP contribution in [0.15, 0.2) is 39.3 Å². The average Bonchev–Trinajstić information content (AvgIpc) is 3.16. The summed E-state index contributed by atoms with van der Waals surface area (Å²) < 4.78 is 10.9. The monoisotopic (exact) mass is 312 g/mol. The summed E-state index contributed by atoms with van der Waals surface area (Å²) in [5.41, 5.74) is 2.98. The topological polar surface area (TPSA) is 68.2 Å². The van der Waals surface area contributed by atoms with Crippen molar-refractivity contribution in [1.29, 1.82) is 0 Å². The fraction of sp³-hybridized carbons (Fsp3) is 0.353. The maximum absolute atomic E-state index is 5.84. The van der Waals surface area contributed by atoms with Crippen LogP contribution in [0.4, 0.5) is 0 Å². The molecule has 1 aromatic carbocycles. The van der Waals surface area contributed by atoms with Crippen molar-refractivity contribution in [3.8, 4) is 11.5 Å². The van der Waals surface area contributed by atoms with Crippen LogP contribution < -0.4 is 0 Å². The number of hydrogen-bond acceptors (Lipinski definition) is 6. The molecule has 1 atom stereocenters. The van der Waals surface area contributed by atoms with Crippen molar-refractivity contribution in [3.05, 3.63) is 53.2 Å². The Morgan fingerprint density at radius 1 is 1.17 bits per heavy atom. The molecule has 0 saturated heterocycles. The fourth-order valence-electron chi connectivity index (χ4n) is 2.37. The molecule has 120 valence electrons. The molecule has 6 nitrogen and oxygen atoms in total. The van der Waals surface area contributed by atoms with Gasteiger partial charge in [0.15, 0.2) is 0 Å². The Labute approximate surface area is 135 Å². The highest BCUT2D eigenvalue weighted by Gasteiger charge is 2.20. The van der Waals surface area contributed by atoms with Gasteiger partial charge in [-0.25, -0.2) is 0 Å². The van der Waals surface area contributed by atoms with Gasteiger partial charge in [-0.15, -0.1) is 10.2 Å². The molecule has 0 amide bonds. The van der Waals surface area contributed by atoms with Crippen LogP contribution in [0.25, 0.3) is 11.5 Å². The lowest BCUT2D eigenvalue weighted by molar-refractivity contribution is 0.212. The van der Waals surface area contributed by atoms with Gasteiger partial charge in [0.25, 0.3) is 0 Å². The molecular weight excluding hydrogens is 292 g/mol. The Bertz CT molecular complexity index is 793. The largest absolute Gasteiger partial charge is 0.419 e. The lowest BCUT2D eigenvalue weighted by Crippen LogP contribution is -2.22. The third kappa shape index (κ3) is 3.48. The predicted octanol–water partition coefficient (Wildman–Crippen LogP) is 3.53. The van der Waals surface area contributed by atoms with Crippen molar-refractivity contribution in [1.82, 2.24) is 20.3 Å². The van der Waals surface area contributed by atoms with Crippen LogP contribution >= 0.6 is 0 Å². The van der Waals surface area contributed by atoms with E-state index in [9.17, 15) is 0 Å². The molecule has 3 aromatic rings. The molecule has 1 unspecified atom stereocenters. The number of nitrogens with zero attached hydrogens (tertiary/aromatic N) is 4. The van der Waals surface area contributed by atoms with E-state index in [2.05, 4.69) is 20.3 Å². The summed E-state index contributed by atoms with van der Waals surface area (Å²) in [5, 5.41) is 12.4. The minimum absolute atomic E-state index is 0.0157. The highest BCUT2D eigenvalue weighted by Crippen LogP contribution is 2.24. The summed E-state index contributed by atoms with van der Waals surface area (Å²) in [4.78, 5) is 2.09. The van der Waals surface area contributed by atoms with Crippen molar-refractivity contribution in [2.45, 2.75) is 33.4 Å². The molecule has 0 spiro atoms. The summed E-state index contributed by atoms with van der Waals surface area (Å²) in [6.45, 7) is 6.60. The smallest absolute Gasteiger partial charge is 0.247 e. The third-order valence-electron chi connectivity index (χ3n) is 3.81. The Balaban J connectivity index is 1.74. The normalized spacial score (nSPS) is 12.7. The van der Waals surface area contributed by atoms with Gasteiger partial charge in [0.1, 0.15) is 5.76 Å². The van der Waals surface area contributed by atoms with Gasteiger partial charge >= 0.3 is 0 Å². The number of rotatable bonds is 5. The van der Waals surface area contributed by atoms with E-state index in [1.807, 2.05) is 58.2 Å². The molecule has 2 heterocycles. The summed E-state index contributed by atoms with van der Waals surface area (Å²) in [5.74, 6) is 1.94. The van der Waals surface area contributed by atoms with Gasteiger partial charge in [-0.1, -0.05) is 22.9 Å². The molecule has 6 heteroatoms. The first kappa shape index (κ1) is 15.4. The van der Waals surface area contributed by atoms with E-state index in [1.165, 1.54) is 0 Å². The van der Waals surface area contributed by atoms with E-state index in [-0.39, 0.29) is 6.04 Å². The number of aromatic nitrogens is 3. The number of hydrogen-bond donors (Lipinski definition) is 0. The van der Waals surface area contributed by atoms with Gasteiger partial charge in [-0.2, -0.15) is 0 Å². The molecule has 3 rings (SSSR count). The van der Waals surface area contributed by atoms with E-state index in [1.54, 1.807) is 0 Å². The summed E-state index contributed by atoms with van der Waals surface area (Å²) >= 11 is 0. The molecule has 0 saturated carbocycles. The predicted molar refractivity (Wildman–Crippen MR) is 85.6 cm³/mol. The molecule has 0 aliphatic carbocycles. The maximum Gasteiger partial charge on any atom is 0.247 e. The zero-order valence-electron chi connectivity index (χ0n) is 13.8. The minimum Gasteiger partial charge on any atom is -0.419 e. The lowest BCUT2D eigenvalue weighted by Gasteiger charge is -2.20. The van der Waals surface area contributed by atoms with Crippen molar-refractivity contribution in [2.75, 3.05) is 7.05 Å². The summed E-state index contributed by atoms with van der Waals surface area (Å²) in [6, 6.07) is 9.93. The van der Waals surface area contributed by atoms with Crippen molar-refractivity contribution in [3.63, 3.8) is 0 Å². The van der Waals surface area contributed by atoms with E-state index >= 15 is 0 Å². The molecule has 0 radical (unpaired) electrons. The van der Waals surface area contributed by atoms with Crippen LogP contribution in [-0.2, 0) is 6.54 Å². The second kappa shape index (κ2) is 6.34. The van der Waals surface area contributed by atoms with E-state index in [0.29, 0.717) is 18.3 Å². The van der Waals surface area contributed by atoms with E-state index in [0.717, 1.165) is 22.6 Å². The second-order valence-electron chi connectivity index (χ2n) is 5.83. The minimum atomic E-state index is -0.0157. The Hall–Kier alpha value is -2.47. The molecule has 0 N–H and O–H groups in total. The Kier molecular flexibility index (Phi) is 4.25. The molecule has 0 fully saturated rings. The molecular formula is C17H20N4O2. The van der Waals surface area contributed by atoms with Crippen LogP contribution in [-0.4, -0.2) is 27.3 Å². The lowest BCUT2D eigenvalue weighted by atomic mass is 10.1. The first-order valence-electron chi connectivity index (χ1n) is 7.56. The first-order valence-corrected chi connectivity index (χ1v) is 7.56. The van der Waals surface area contributed by atoms with Gasteiger partial charge < -0.3 is 8.94 Å². The third-order valence-corrected chi connectivity index (χ3v) is 3.81. The summed E-state index contributed by atoms with van der Waals surface area (Å²) in [6.07, 6.45) is 0. The van der Waals surface area contributed by atoms with Gasteiger partial charge in [-0.3, -0.25) is 4.90 Å². The van der Waals surface area contributed by atoms with Crippen LogP contribution in [0, 0.1) is 13.8 Å². The molecule has 0 aliphatic rings. The highest BCUT2D eigenvalue weighted by molar-refractivity contribution is 5.53. The van der Waals surface area contributed by atoms with Gasteiger partial charge in [0, 0.05) is 18.2 Å². The first-order chi connectivity index (χ1) is 11.0.